The highest BCUT2D eigenvalue weighted by atomic mass is 35.5. The molecule has 0 unspecified atom stereocenters. The second kappa shape index (κ2) is 6.52. The van der Waals surface area contributed by atoms with Gasteiger partial charge in [-0.25, -0.2) is 9.67 Å². The number of nitrogens with zero attached hydrogens (tertiary/aromatic N) is 3. The van der Waals surface area contributed by atoms with Crippen LogP contribution in [0.5, 0.6) is 0 Å². The first-order valence-electron chi connectivity index (χ1n) is 5.94. The Labute approximate surface area is 114 Å². The van der Waals surface area contributed by atoms with Crippen molar-refractivity contribution in [2.24, 2.45) is 12.8 Å². The van der Waals surface area contributed by atoms with Gasteiger partial charge < -0.3 is 5.73 Å². The second-order valence-corrected chi connectivity index (χ2v) is 4.06. The predicted molar refractivity (Wildman–Crippen MR) is 75.8 cm³/mol. The van der Waals surface area contributed by atoms with Gasteiger partial charge in [0.1, 0.15) is 0 Å². The van der Waals surface area contributed by atoms with Crippen LogP contribution in [0.2, 0.25) is 0 Å². The average Bonchev–Trinajstić information content (AvgIpc) is 2.72. The molecular formula is C13H19ClN4. The minimum atomic E-state index is 0. The molecule has 1 heterocycles. The van der Waals surface area contributed by atoms with Crippen LogP contribution in [0.4, 0.5) is 0 Å². The van der Waals surface area contributed by atoms with Crippen molar-refractivity contribution in [3.8, 4) is 11.4 Å². The summed E-state index contributed by atoms with van der Waals surface area (Å²) in [6.45, 7) is 2.74. The minimum Gasteiger partial charge on any atom is -0.330 e. The van der Waals surface area contributed by atoms with Crippen molar-refractivity contribution in [1.29, 1.82) is 0 Å². The van der Waals surface area contributed by atoms with Crippen molar-refractivity contribution in [3.05, 3.63) is 35.7 Å². The molecule has 0 aliphatic heterocycles. The van der Waals surface area contributed by atoms with Crippen LogP contribution >= 0.6 is 12.4 Å². The smallest absolute Gasteiger partial charge is 0.158 e. The van der Waals surface area contributed by atoms with Crippen LogP contribution < -0.4 is 5.73 Å². The van der Waals surface area contributed by atoms with Crippen molar-refractivity contribution in [2.75, 3.05) is 6.54 Å². The highest BCUT2D eigenvalue weighted by molar-refractivity contribution is 5.85. The topological polar surface area (TPSA) is 56.7 Å². The molecule has 0 aliphatic rings. The largest absolute Gasteiger partial charge is 0.330 e. The van der Waals surface area contributed by atoms with Crippen molar-refractivity contribution < 1.29 is 0 Å². The minimum absolute atomic E-state index is 0. The van der Waals surface area contributed by atoms with Crippen molar-refractivity contribution >= 4 is 12.4 Å². The molecule has 4 nitrogen and oxygen atoms in total. The van der Waals surface area contributed by atoms with Gasteiger partial charge in [0, 0.05) is 19.0 Å². The maximum atomic E-state index is 5.53. The van der Waals surface area contributed by atoms with Crippen molar-refractivity contribution in [2.45, 2.75) is 19.8 Å². The van der Waals surface area contributed by atoms with E-state index in [9.17, 15) is 0 Å². The molecule has 0 bridgehead atoms. The van der Waals surface area contributed by atoms with E-state index < -0.39 is 0 Å². The van der Waals surface area contributed by atoms with Gasteiger partial charge in [0.2, 0.25) is 0 Å². The summed E-state index contributed by atoms with van der Waals surface area (Å²) in [4.78, 5) is 4.50. The summed E-state index contributed by atoms with van der Waals surface area (Å²) in [5.74, 6) is 1.80. The summed E-state index contributed by atoms with van der Waals surface area (Å²) in [6, 6.07) is 8.36. The number of halogens is 1. The highest BCUT2D eigenvalue weighted by Gasteiger charge is 2.07. The van der Waals surface area contributed by atoms with E-state index in [0.29, 0.717) is 6.54 Å². The molecule has 0 amide bonds. The molecular weight excluding hydrogens is 248 g/mol. The number of rotatable bonds is 4. The third kappa shape index (κ3) is 3.09. The Balaban J connectivity index is 0.00000162. The molecule has 0 saturated heterocycles. The molecule has 2 aromatic rings. The Kier molecular flexibility index (Phi) is 5.31. The van der Waals surface area contributed by atoms with Gasteiger partial charge in [-0.05, 0) is 18.5 Å². The number of hydrogen-bond acceptors (Lipinski definition) is 3. The lowest BCUT2D eigenvalue weighted by atomic mass is 10.1. The lowest BCUT2D eigenvalue weighted by Gasteiger charge is -2.02. The highest BCUT2D eigenvalue weighted by Crippen LogP contribution is 2.17. The third-order valence-electron chi connectivity index (χ3n) is 2.77. The zero-order chi connectivity index (χ0) is 12.3. The average molecular weight is 267 g/mol. The van der Waals surface area contributed by atoms with Gasteiger partial charge in [0.15, 0.2) is 11.6 Å². The Bertz CT molecular complexity index is 490. The number of aromatic nitrogens is 3. The van der Waals surface area contributed by atoms with E-state index in [2.05, 4.69) is 41.3 Å². The van der Waals surface area contributed by atoms with Gasteiger partial charge in [-0.3, -0.25) is 0 Å². The molecule has 0 spiro atoms. The first kappa shape index (κ1) is 14.7. The van der Waals surface area contributed by atoms with E-state index in [1.54, 1.807) is 0 Å². The van der Waals surface area contributed by atoms with Crippen LogP contribution in [0.1, 0.15) is 18.3 Å². The van der Waals surface area contributed by atoms with Crippen LogP contribution in [0.15, 0.2) is 24.3 Å². The molecule has 1 aromatic heterocycles. The molecule has 5 heteroatoms. The number of nitrogens with two attached hydrogens (primary N) is 1. The normalized spacial score (nSPS) is 10.2. The van der Waals surface area contributed by atoms with Gasteiger partial charge in [0.05, 0.1) is 0 Å². The first-order chi connectivity index (χ1) is 8.24. The van der Waals surface area contributed by atoms with Gasteiger partial charge in [-0.15, -0.1) is 12.4 Å². The number of aryl methyl sites for hydroxylation is 2. The fraction of sp³-hybridized carbons (Fsp3) is 0.385. The van der Waals surface area contributed by atoms with Crippen LogP contribution in [0.3, 0.4) is 0 Å². The molecule has 0 atom stereocenters. The van der Waals surface area contributed by atoms with E-state index in [-0.39, 0.29) is 12.4 Å². The monoisotopic (exact) mass is 266 g/mol. The summed E-state index contributed by atoms with van der Waals surface area (Å²) in [5, 5.41) is 4.35. The zero-order valence-electron chi connectivity index (χ0n) is 10.8. The molecule has 0 fully saturated rings. The molecule has 2 rings (SSSR count). The second-order valence-electron chi connectivity index (χ2n) is 4.06. The Morgan fingerprint density at radius 3 is 2.39 bits per heavy atom. The Morgan fingerprint density at radius 2 is 1.89 bits per heavy atom. The first-order valence-corrected chi connectivity index (χ1v) is 5.94. The summed E-state index contributed by atoms with van der Waals surface area (Å²) >= 11 is 0. The fourth-order valence-electron chi connectivity index (χ4n) is 1.83. The van der Waals surface area contributed by atoms with Gasteiger partial charge in [0.25, 0.3) is 0 Å². The molecule has 1 aromatic carbocycles. The molecule has 0 radical (unpaired) electrons. The van der Waals surface area contributed by atoms with Crippen LogP contribution in [0.25, 0.3) is 11.4 Å². The Hall–Kier alpha value is -1.39. The summed E-state index contributed by atoms with van der Waals surface area (Å²) in [5.41, 5.74) is 7.88. The van der Waals surface area contributed by atoms with Crippen LogP contribution in [-0.4, -0.2) is 21.3 Å². The standard InChI is InChI=1S/C13H18N4.ClH/c1-3-12-15-13(17(2)16-12)11-6-4-10(5-7-11)8-9-14;/h4-7H,3,8-9,14H2,1-2H3;1H. The van der Waals surface area contributed by atoms with Crippen molar-refractivity contribution in [1.82, 2.24) is 14.8 Å². The fourth-order valence-corrected chi connectivity index (χ4v) is 1.83. The zero-order valence-corrected chi connectivity index (χ0v) is 11.6. The number of benzene rings is 1. The van der Waals surface area contributed by atoms with E-state index >= 15 is 0 Å². The molecule has 98 valence electrons. The maximum absolute atomic E-state index is 5.53. The predicted octanol–water partition coefficient (Wildman–Crippen LogP) is 1.97. The lowest BCUT2D eigenvalue weighted by molar-refractivity contribution is 0.752. The van der Waals surface area contributed by atoms with E-state index in [4.69, 9.17) is 5.73 Å². The summed E-state index contributed by atoms with van der Waals surface area (Å²) < 4.78 is 1.83. The third-order valence-corrected chi connectivity index (χ3v) is 2.77. The van der Waals surface area contributed by atoms with Gasteiger partial charge in [-0.1, -0.05) is 31.2 Å². The van der Waals surface area contributed by atoms with E-state index in [0.717, 1.165) is 30.1 Å². The number of hydrogen-bond donors (Lipinski definition) is 1. The molecule has 18 heavy (non-hydrogen) atoms. The maximum Gasteiger partial charge on any atom is 0.158 e. The summed E-state index contributed by atoms with van der Waals surface area (Å²) in [7, 11) is 1.93. The quantitative estimate of drug-likeness (QED) is 0.921. The SMILES string of the molecule is CCc1nc(-c2ccc(CCN)cc2)n(C)n1.Cl. The van der Waals surface area contributed by atoms with E-state index in [1.807, 2.05) is 11.7 Å². The van der Waals surface area contributed by atoms with Crippen LogP contribution in [-0.2, 0) is 19.9 Å². The Morgan fingerprint density at radius 1 is 1.22 bits per heavy atom. The van der Waals surface area contributed by atoms with Gasteiger partial charge >= 0.3 is 0 Å². The van der Waals surface area contributed by atoms with Crippen molar-refractivity contribution in [3.63, 3.8) is 0 Å². The lowest BCUT2D eigenvalue weighted by Crippen LogP contribution is -2.02. The molecule has 2 N–H and O–H groups in total. The van der Waals surface area contributed by atoms with Crippen LogP contribution in [0, 0.1) is 0 Å². The molecule has 0 aliphatic carbocycles. The van der Waals surface area contributed by atoms with Gasteiger partial charge in [-0.2, -0.15) is 5.10 Å². The summed E-state index contributed by atoms with van der Waals surface area (Å²) in [6.07, 6.45) is 1.78. The molecule has 0 saturated carbocycles. The van der Waals surface area contributed by atoms with E-state index in [1.165, 1.54) is 5.56 Å².